The van der Waals surface area contributed by atoms with E-state index < -0.39 is 0 Å². The van der Waals surface area contributed by atoms with E-state index in [0.29, 0.717) is 12.0 Å². The Hall–Kier alpha value is -0.610. The Bertz CT molecular complexity index is 287. The first-order valence-corrected chi connectivity index (χ1v) is 7.38. The van der Waals surface area contributed by atoms with Crippen molar-refractivity contribution in [3.05, 3.63) is 0 Å². The zero-order valence-electron chi connectivity index (χ0n) is 11.7. The molecule has 0 bridgehead atoms. The maximum absolute atomic E-state index is 12.2. The van der Waals surface area contributed by atoms with Crippen LogP contribution in [-0.2, 0) is 4.79 Å². The maximum Gasteiger partial charge on any atom is 0.237 e. The van der Waals surface area contributed by atoms with Crippen LogP contribution in [-0.4, -0.2) is 42.0 Å². The minimum absolute atomic E-state index is 0.00523. The molecule has 1 amide bonds. The molecule has 4 heteroatoms. The van der Waals surface area contributed by atoms with E-state index in [4.69, 9.17) is 5.73 Å². The molecule has 3 unspecified atom stereocenters. The van der Waals surface area contributed by atoms with Crippen molar-refractivity contribution in [1.29, 1.82) is 0 Å². The van der Waals surface area contributed by atoms with Crippen molar-refractivity contribution >= 4 is 5.91 Å². The van der Waals surface area contributed by atoms with Gasteiger partial charge in [-0.1, -0.05) is 12.8 Å². The Morgan fingerprint density at radius 2 is 1.94 bits per heavy atom. The number of rotatable bonds is 4. The van der Waals surface area contributed by atoms with Crippen molar-refractivity contribution in [3.63, 3.8) is 0 Å². The number of amides is 1. The van der Waals surface area contributed by atoms with Crippen molar-refractivity contribution in [2.24, 2.45) is 11.7 Å². The fraction of sp³-hybridized carbons (Fsp3) is 0.929. The molecule has 18 heavy (non-hydrogen) atoms. The topological polar surface area (TPSA) is 58.4 Å². The lowest BCUT2D eigenvalue weighted by atomic mass is 10.0. The molecule has 104 valence electrons. The highest BCUT2D eigenvalue weighted by Gasteiger charge is 2.32. The van der Waals surface area contributed by atoms with Crippen molar-refractivity contribution in [3.8, 4) is 0 Å². The van der Waals surface area contributed by atoms with Gasteiger partial charge in [0, 0.05) is 18.6 Å². The molecule has 1 saturated carbocycles. The molecule has 1 aliphatic heterocycles. The first kappa shape index (κ1) is 13.8. The molecule has 3 atom stereocenters. The molecule has 1 heterocycles. The summed E-state index contributed by atoms with van der Waals surface area (Å²) in [7, 11) is 0. The molecule has 0 aromatic carbocycles. The van der Waals surface area contributed by atoms with Gasteiger partial charge in [0.25, 0.3) is 0 Å². The fourth-order valence-corrected chi connectivity index (χ4v) is 3.15. The Kier molecular flexibility index (Phi) is 4.62. The summed E-state index contributed by atoms with van der Waals surface area (Å²) >= 11 is 0. The Balaban J connectivity index is 1.79. The zero-order valence-corrected chi connectivity index (χ0v) is 11.7. The van der Waals surface area contributed by atoms with Gasteiger partial charge in [0.15, 0.2) is 0 Å². The lowest BCUT2D eigenvalue weighted by molar-refractivity contribution is -0.126. The Labute approximate surface area is 110 Å². The average molecular weight is 253 g/mol. The number of likely N-dealkylation sites (tertiary alicyclic amines) is 1. The van der Waals surface area contributed by atoms with Gasteiger partial charge < -0.3 is 11.1 Å². The summed E-state index contributed by atoms with van der Waals surface area (Å²) in [4.78, 5) is 14.5. The monoisotopic (exact) mass is 253 g/mol. The highest BCUT2D eigenvalue weighted by Crippen LogP contribution is 2.22. The lowest BCUT2D eigenvalue weighted by Crippen LogP contribution is -2.47. The third-order valence-electron chi connectivity index (χ3n) is 4.63. The van der Waals surface area contributed by atoms with Gasteiger partial charge in [0.05, 0.1) is 6.04 Å². The summed E-state index contributed by atoms with van der Waals surface area (Å²) < 4.78 is 0. The highest BCUT2D eigenvalue weighted by atomic mass is 16.2. The van der Waals surface area contributed by atoms with Gasteiger partial charge in [0.2, 0.25) is 5.91 Å². The molecular formula is C14H27N3O. The lowest BCUT2D eigenvalue weighted by Gasteiger charge is -2.25. The third-order valence-corrected chi connectivity index (χ3v) is 4.63. The summed E-state index contributed by atoms with van der Waals surface area (Å²) in [6.45, 7) is 6.06. The molecule has 0 aromatic heterocycles. The number of nitrogens with two attached hydrogens (primary N) is 1. The first-order chi connectivity index (χ1) is 8.58. The normalized spacial score (nSPS) is 29.4. The van der Waals surface area contributed by atoms with E-state index in [-0.39, 0.29) is 18.0 Å². The molecule has 1 saturated heterocycles. The van der Waals surface area contributed by atoms with Crippen LogP contribution in [0.3, 0.4) is 0 Å². The van der Waals surface area contributed by atoms with Crippen LogP contribution in [0.15, 0.2) is 0 Å². The van der Waals surface area contributed by atoms with Crippen molar-refractivity contribution in [1.82, 2.24) is 10.2 Å². The predicted molar refractivity (Wildman–Crippen MR) is 73.2 cm³/mol. The third kappa shape index (κ3) is 3.23. The van der Waals surface area contributed by atoms with E-state index in [9.17, 15) is 4.79 Å². The van der Waals surface area contributed by atoms with Crippen LogP contribution in [0.2, 0.25) is 0 Å². The zero-order chi connectivity index (χ0) is 13.1. The predicted octanol–water partition coefficient (Wildman–Crippen LogP) is 1.10. The Morgan fingerprint density at radius 3 is 2.50 bits per heavy atom. The number of hydrogen-bond acceptors (Lipinski definition) is 3. The molecule has 2 aliphatic rings. The van der Waals surface area contributed by atoms with Gasteiger partial charge in [-0.25, -0.2) is 0 Å². The number of nitrogens with zero attached hydrogens (tertiary/aromatic N) is 1. The van der Waals surface area contributed by atoms with Gasteiger partial charge >= 0.3 is 0 Å². The number of carbonyl (C=O) groups is 1. The second kappa shape index (κ2) is 6.02. The van der Waals surface area contributed by atoms with E-state index in [1.165, 1.54) is 12.8 Å². The smallest absolute Gasteiger partial charge is 0.237 e. The number of hydrogen-bond donors (Lipinski definition) is 2. The van der Waals surface area contributed by atoms with Crippen LogP contribution in [0.1, 0.15) is 46.0 Å². The van der Waals surface area contributed by atoms with Gasteiger partial charge in [-0.2, -0.15) is 0 Å². The molecule has 1 aliphatic carbocycles. The second-order valence-corrected chi connectivity index (χ2v) is 6.07. The molecule has 0 radical (unpaired) electrons. The highest BCUT2D eigenvalue weighted by molar-refractivity contribution is 5.81. The molecule has 0 spiro atoms. The minimum atomic E-state index is -0.00523. The fourth-order valence-electron chi connectivity index (χ4n) is 3.15. The van der Waals surface area contributed by atoms with Crippen molar-refractivity contribution in [2.75, 3.05) is 13.1 Å². The van der Waals surface area contributed by atoms with Gasteiger partial charge in [0.1, 0.15) is 0 Å². The quantitative estimate of drug-likeness (QED) is 0.789. The number of nitrogens with one attached hydrogen (secondary N) is 1. The summed E-state index contributed by atoms with van der Waals surface area (Å²) in [5.41, 5.74) is 5.94. The summed E-state index contributed by atoms with van der Waals surface area (Å²) in [6.07, 6.45) is 5.95. The molecular weight excluding hydrogens is 226 g/mol. The second-order valence-electron chi connectivity index (χ2n) is 6.07. The van der Waals surface area contributed by atoms with Crippen LogP contribution >= 0.6 is 0 Å². The summed E-state index contributed by atoms with van der Waals surface area (Å²) in [5, 5.41) is 3.19. The molecule has 0 aromatic rings. The minimum Gasteiger partial charge on any atom is -0.352 e. The van der Waals surface area contributed by atoms with Crippen LogP contribution in [0.4, 0.5) is 0 Å². The van der Waals surface area contributed by atoms with E-state index in [0.717, 1.165) is 32.4 Å². The summed E-state index contributed by atoms with van der Waals surface area (Å²) in [6, 6.07) is 0.654. The Morgan fingerprint density at radius 1 is 1.28 bits per heavy atom. The van der Waals surface area contributed by atoms with E-state index >= 15 is 0 Å². The van der Waals surface area contributed by atoms with Crippen LogP contribution in [0.5, 0.6) is 0 Å². The van der Waals surface area contributed by atoms with Crippen LogP contribution < -0.4 is 11.1 Å². The van der Waals surface area contributed by atoms with Crippen LogP contribution in [0, 0.1) is 5.92 Å². The molecule has 3 N–H and O–H groups in total. The molecule has 4 nitrogen and oxygen atoms in total. The SMILES string of the molecule is CC(N)C1CCN(C(C)C(=O)NC2CCCC2)C1. The van der Waals surface area contributed by atoms with Gasteiger partial charge in [-0.3, -0.25) is 9.69 Å². The van der Waals surface area contributed by atoms with E-state index in [1.54, 1.807) is 0 Å². The average Bonchev–Trinajstić information content (AvgIpc) is 2.98. The van der Waals surface area contributed by atoms with Crippen molar-refractivity contribution in [2.45, 2.75) is 64.1 Å². The van der Waals surface area contributed by atoms with Crippen molar-refractivity contribution < 1.29 is 4.79 Å². The van der Waals surface area contributed by atoms with Gasteiger partial charge in [-0.15, -0.1) is 0 Å². The maximum atomic E-state index is 12.2. The van der Waals surface area contributed by atoms with E-state index in [2.05, 4.69) is 17.1 Å². The molecule has 2 fully saturated rings. The van der Waals surface area contributed by atoms with E-state index in [1.807, 2.05) is 6.92 Å². The van der Waals surface area contributed by atoms with Crippen LogP contribution in [0.25, 0.3) is 0 Å². The first-order valence-electron chi connectivity index (χ1n) is 7.38. The van der Waals surface area contributed by atoms with Gasteiger partial charge in [-0.05, 0) is 45.6 Å². The number of carbonyl (C=O) groups excluding carboxylic acids is 1. The summed E-state index contributed by atoms with van der Waals surface area (Å²) in [5.74, 6) is 0.749. The molecule has 2 rings (SSSR count). The largest absolute Gasteiger partial charge is 0.352 e. The standard InChI is InChI=1S/C14H27N3O/c1-10(15)12-7-8-17(9-12)11(2)14(18)16-13-5-3-4-6-13/h10-13H,3-9,15H2,1-2H3,(H,16,18).